The van der Waals surface area contributed by atoms with Crippen molar-refractivity contribution in [1.29, 1.82) is 0 Å². The third kappa shape index (κ3) is 4.70. The molecule has 2 unspecified atom stereocenters. The second kappa shape index (κ2) is 7.61. The zero-order chi connectivity index (χ0) is 15.3. The molecule has 1 aromatic carbocycles. The fraction of sp³-hybridized carbons (Fsp3) is 0.625. The molecule has 0 heterocycles. The van der Waals surface area contributed by atoms with Gasteiger partial charge in [0.05, 0.1) is 4.90 Å². The van der Waals surface area contributed by atoms with Crippen molar-refractivity contribution in [2.24, 2.45) is 5.92 Å². The monoisotopic (exact) mass is 329 g/mol. The predicted molar refractivity (Wildman–Crippen MR) is 87.2 cm³/mol. The van der Waals surface area contributed by atoms with Crippen molar-refractivity contribution in [3.8, 4) is 0 Å². The third-order valence-corrected chi connectivity index (χ3v) is 6.14. The van der Waals surface area contributed by atoms with Gasteiger partial charge in [0, 0.05) is 11.9 Å². The van der Waals surface area contributed by atoms with E-state index in [4.69, 9.17) is 11.6 Å². The third-order valence-electron chi connectivity index (χ3n) is 4.12. The lowest BCUT2D eigenvalue weighted by molar-refractivity contribution is 0.364. The van der Waals surface area contributed by atoms with Crippen LogP contribution in [0.5, 0.6) is 0 Å². The van der Waals surface area contributed by atoms with Gasteiger partial charge in [-0.05, 0) is 42.9 Å². The van der Waals surface area contributed by atoms with Gasteiger partial charge in [-0.2, -0.15) is 0 Å². The summed E-state index contributed by atoms with van der Waals surface area (Å²) < 4.78 is 27.3. The minimum Gasteiger partial charge on any atom is -0.211 e. The van der Waals surface area contributed by atoms with E-state index in [1.807, 2.05) is 12.1 Å². The van der Waals surface area contributed by atoms with Crippen LogP contribution in [0.25, 0.3) is 0 Å². The molecule has 5 heteroatoms. The minimum atomic E-state index is -3.42. The van der Waals surface area contributed by atoms with Crippen LogP contribution in [-0.4, -0.2) is 20.3 Å². The molecule has 1 aromatic rings. The molecule has 0 bridgehead atoms. The van der Waals surface area contributed by atoms with E-state index in [1.54, 1.807) is 12.1 Å². The van der Waals surface area contributed by atoms with Crippen molar-refractivity contribution in [3.05, 3.63) is 29.8 Å². The predicted octanol–water partition coefficient (Wildman–Crippen LogP) is 3.72. The molecule has 0 saturated heterocycles. The highest BCUT2D eigenvalue weighted by Crippen LogP contribution is 2.28. The molecule has 0 spiro atoms. The summed E-state index contributed by atoms with van der Waals surface area (Å²) in [6, 6.07) is 7.16. The van der Waals surface area contributed by atoms with Crippen LogP contribution in [-0.2, 0) is 16.4 Å². The molecule has 0 radical (unpaired) electrons. The molecule has 0 aromatic heterocycles. The average Bonchev–Trinajstić information content (AvgIpc) is 2.47. The lowest BCUT2D eigenvalue weighted by Crippen LogP contribution is -2.34. The molecular weight excluding hydrogens is 306 g/mol. The number of rotatable bonds is 6. The summed E-state index contributed by atoms with van der Waals surface area (Å²) >= 11 is 6.28. The van der Waals surface area contributed by atoms with Crippen molar-refractivity contribution >= 4 is 21.6 Å². The largest absolute Gasteiger partial charge is 0.240 e. The Labute approximate surface area is 133 Å². The molecule has 1 saturated carbocycles. The maximum atomic E-state index is 12.3. The highest BCUT2D eigenvalue weighted by Gasteiger charge is 2.25. The summed E-state index contributed by atoms with van der Waals surface area (Å²) in [5.74, 6) is 0.245. The Balaban J connectivity index is 1.97. The molecule has 21 heavy (non-hydrogen) atoms. The van der Waals surface area contributed by atoms with Crippen molar-refractivity contribution in [2.75, 3.05) is 6.54 Å². The van der Waals surface area contributed by atoms with Crippen molar-refractivity contribution < 1.29 is 8.42 Å². The van der Waals surface area contributed by atoms with Crippen LogP contribution in [0.1, 0.15) is 44.6 Å². The van der Waals surface area contributed by atoms with E-state index in [2.05, 4.69) is 11.6 Å². The number of sulfonamides is 1. The SMILES string of the molecule is CCCc1ccc(S(=O)(=O)NCC2CCCCC2Cl)cc1. The second-order valence-corrected chi connectivity index (χ2v) is 8.13. The maximum Gasteiger partial charge on any atom is 0.240 e. The number of alkyl halides is 1. The van der Waals surface area contributed by atoms with Gasteiger partial charge in [-0.25, -0.2) is 13.1 Å². The first-order valence-corrected chi connectivity index (χ1v) is 9.67. The van der Waals surface area contributed by atoms with Crippen LogP contribution in [0.3, 0.4) is 0 Å². The Morgan fingerprint density at radius 3 is 2.48 bits per heavy atom. The van der Waals surface area contributed by atoms with Gasteiger partial charge in [-0.15, -0.1) is 11.6 Å². The van der Waals surface area contributed by atoms with Crippen LogP contribution in [0.4, 0.5) is 0 Å². The number of hydrogen-bond donors (Lipinski definition) is 1. The van der Waals surface area contributed by atoms with Gasteiger partial charge in [-0.3, -0.25) is 0 Å². The standard InChI is InChI=1S/C16H24ClNO2S/c1-2-5-13-8-10-15(11-9-13)21(19,20)18-12-14-6-3-4-7-16(14)17/h8-11,14,16,18H,2-7,12H2,1H3. The normalized spacial score (nSPS) is 23.1. The number of nitrogens with one attached hydrogen (secondary N) is 1. The van der Waals surface area contributed by atoms with E-state index >= 15 is 0 Å². The number of hydrogen-bond acceptors (Lipinski definition) is 2. The lowest BCUT2D eigenvalue weighted by atomic mass is 9.89. The van der Waals surface area contributed by atoms with Crippen molar-refractivity contribution in [2.45, 2.75) is 55.7 Å². The summed E-state index contributed by atoms with van der Waals surface area (Å²) in [7, 11) is -3.42. The zero-order valence-corrected chi connectivity index (χ0v) is 14.1. The molecule has 1 aliphatic carbocycles. The first-order chi connectivity index (χ1) is 10.0. The number of halogens is 1. The Kier molecular flexibility index (Phi) is 6.08. The van der Waals surface area contributed by atoms with E-state index in [1.165, 1.54) is 5.56 Å². The summed E-state index contributed by atoms with van der Waals surface area (Å²) in [5.41, 5.74) is 1.17. The molecule has 2 rings (SSSR count). The Morgan fingerprint density at radius 1 is 1.19 bits per heavy atom. The topological polar surface area (TPSA) is 46.2 Å². The molecule has 3 nitrogen and oxygen atoms in total. The molecule has 1 N–H and O–H groups in total. The molecule has 118 valence electrons. The van der Waals surface area contributed by atoms with Crippen LogP contribution in [0.2, 0.25) is 0 Å². The van der Waals surface area contributed by atoms with Crippen LogP contribution < -0.4 is 4.72 Å². The van der Waals surface area contributed by atoms with Crippen LogP contribution >= 0.6 is 11.6 Å². The van der Waals surface area contributed by atoms with Gasteiger partial charge < -0.3 is 0 Å². The first kappa shape index (κ1) is 16.8. The van der Waals surface area contributed by atoms with Gasteiger partial charge in [0.25, 0.3) is 0 Å². The van der Waals surface area contributed by atoms with E-state index in [9.17, 15) is 8.42 Å². The van der Waals surface area contributed by atoms with E-state index in [-0.39, 0.29) is 11.3 Å². The van der Waals surface area contributed by atoms with E-state index in [0.29, 0.717) is 11.4 Å². The number of benzene rings is 1. The maximum absolute atomic E-state index is 12.3. The average molecular weight is 330 g/mol. The minimum absolute atomic E-state index is 0.0911. The quantitative estimate of drug-likeness (QED) is 0.808. The lowest BCUT2D eigenvalue weighted by Gasteiger charge is -2.27. The molecule has 0 aliphatic heterocycles. The van der Waals surface area contributed by atoms with Crippen LogP contribution in [0, 0.1) is 5.92 Å². The molecular formula is C16H24ClNO2S. The summed E-state index contributed by atoms with van der Waals surface area (Å²) in [4.78, 5) is 0.337. The Bertz CT molecular complexity index is 542. The molecule has 1 aliphatic rings. The van der Waals surface area contributed by atoms with Gasteiger partial charge in [0.2, 0.25) is 10.0 Å². The van der Waals surface area contributed by atoms with Gasteiger partial charge in [0.15, 0.2) is 0 Å². The fourth-order valence-corrected chi connectivity index (χ4v) is 4.28. The van der Waals surface area contributed by atoms with Crippen molar-refractivity contribution in [1.82, 2.24) is 4.72 Å². The second-order valence-electron chi connectivity index (χ2n) is 5.81. The van der Waals surface area contributed by atoms with Gasteiger partial charge >= 0.3 is 0 Å². The molecule has 1 fully saturated rings. The fourth-order valence-electron chi connectivity index (χ4n) is 2.82. The molecule has 0 amide bonds. The highest BCUT2D eigenvalue weighted by atomic mass is 35.5. The summed E-state index contributed by atoms with van der Waals surface area (Å²) in [6.07, 6.45) is 6.32. The van der Waals surface area contributed by atoms with Crippen LogP contribution in [0.15, 0.2) is 29.2 Å². The Hall–Kier alpha value is -0.580. The van der Waals surface area contributed by atoms with Gasteiger partial charge in [0.1, 0.15) is 0 Å². The Morgan fingerprint density at radius 2 is 1.86 bits per heavy atom. The number of aryl methyl sites for hydroxylation is 1. The smallest absolute Gasteiger partial charge is 0.211 e. The first-order valence-electron chi connectivity index (χ1n) is 7.75. The zero-order valence-electron chi connectivity index (χ0n) is 12.5. The summed E-state index contributed by atoms with van der Waals surface area (Å²) in [6.45, 7) is 2.55. The van der Waals surface area contributed by atoms with E-state index < -0.39 is 10.0 Å². The van der Waals surface area contributed by atoms with E-state index in [0.717, 1.165) is 38.5 Å². The van der Waals surface area contributed by atoms with Crippen molar-refractivity contribution in [3.63, 3.8) is 0 Å². The molecule has 2 atom stereocenters. The summed E-state index contributed by atoms with van der Waals surface area (Å²) in [5, 5.41) is 0.0911. The van der Waals surface area contributed by atoms with Gasteiger partial charge in [-0.1, -0.05) is 38.3 Å². The highest BCUT2D eigenvalue weighted by molar-refractivity contribution is 7.89.